The fraction of sp³-hybridized carbons (Fsp3) is 0.118. The van der Waals surface area contributed by atoms with Crippen LogP contribution in [0.25, 0.3) is 11.4 Å². The molecule has 6 nitrogen and oxygen atoms in total. The number of para-hydroxylation sites is 1. The van der Waals surface area contributed by atoms with Crippen molar-refractivity contribution in [2.24, 2.45) is 0 Å². The average molecular weight is 379 g/mol. The van der Waals surface area contributed by atoms with Gasteiger partial charge in [-0.15, -0.1) is 0 Å². The second-order valence-electron chi connectivity index (χ2n) is 4.89. The fourth-order valence-electron chi connectivity index (χ4n) is 2.12. The van der Waals surface area contributed by atoms with E-state index in [1.165, 1.54) is 6.07 Å². The smallest absolute Gasteiger partial charge is 0.340 e. The van der Waals surface area contributed by atoms with E-state index in [0.717, 1.165) is 0 Å². The molecule has 1 aromatic heterocycles. The van der Waals surface area contributed by atoms with Crippen LogP contribution in [0.1, 0.15) is 16.2 Å². The highest BCUT2D eigenvalue weighted by molar-refractivity contribution is 6.43. The predicted molar refractivity (Wildman–Crippen MR) is 91.9 cm³/mol. The number of esters is 1. The second kappa shape index (κ2) is 7.55. The van der Waals surface area contributed by atoms with Gasteiger partial charge in [0.1, 0.15) is 5.75 Å². The summed E-state index contributed by atoms with van der Waals surface area (Å²) in [7, 11) is 1.55. The Morgan fingerprint density at radius 1 is 1.16 bits per heavy atom. The summed E-state index contributed by atoms with van der Waals surface area (Å²) in [6, 6.07) is 12.0. The summed E-state index contributed by atoms with van der Waals surface area (Å²) in [5, 5.41) is 4.28. The summed E-state index contributed by atoms with van der Waals surface area (Å²) in [4.78, 5) is 16.3. The lowest BCUT2D eigenvalue weighted by molar-refractivity contribution is 0.0430. The highest BCUT2D eigenvalue weighted by Gasteiger charge is 2.17. The minimum absolute atomic E-state index is 0.134. The summed E-state index contributed by atoms with van der Waals surface area (Å²) < 4.78 is 15.5. The number of methoxy groups -OCH3 is 1. The molecule has 25 heavy (non-hydrogen) atoms. The molecule has 0 unspecified atom stereocenters. The fourth-order valence-corrected chi connectivity index (χ4v) is 2.50. The highest BCUT2D eigenvalue weighted by Crippen LogP contribution is 2.28. The van der Waals surface area contributed by atoms with Gasteiger partial charge in [0, 0.05) is 0 Å². The highest BCUT2D eigenvalue weighted by atomic mass is 35.5. The number of benzene rings is 2. The Morgan fingerprint density at radius 3 is 2.76 bits per heavy atom. The van der Waals surface area contributed by atoms with Crippen LogP contribution in [-0.4, -0.2) is 23.2 Å². The Morgan fingerprint density at radius 2 is 1.96 bits per heavy atom. The zero-order chi connectivity index (χ0) is 17.8. The van der Waals surface area contributed by atoms with E-state index in [2.05, 4.69) is 10.1 Å². The first-order valence-corrected chi connectivity index (χ1v) is 7.93. The van der Waals surface area contributed by atoms with Crippen molar-refractivity contribution in [2.45, 2.75) is 6.61 Å². The summed E-state index contributed by atoms with van der Waals surface area (Å²) in [6.07, 6.45) is 0. The van der Waals surface area contributed by atoms with E-state index in [1.54, 1.807) is 31.4 Å². The van der Waals surface area contributed by atoms with Gasteiger partial charge in [-0.25, -0.2) is 4.79 Å². The van der Waals surface area contributed by atoms with E-state index in [-0.39, 0.29) is 28.1 Å². The van der Waals surface area contributed by atoms with Gasteiger partial charge >= 0.3 is 5.97 Å². The third-order valence-electron chi connectivity index (χ3n) is 3.31. The van der Waals surface area contributed by atoms with Gasteiger partial charge in [0.05, 0.1) is 28.3 Å². The number of rotatable bonds is 5. The molecule has 0 N–H and O–H groups in total. The maximum atomic E-state index is 12.1. The molecule has 0 aliphatic rings. The van der Waals surface area contributed by atoms with Crippen molar-refractivity contribution in [1.29, 1.82) is 0 Å². The van der Waals surface area contributed by atoms with Gasteiger partial charge in [-0.05, 0) is 24.3 Å². The monoisotopic (exact) mass is 378 g/mol. The molecule has 0 aliphatic carbocycles. The van der Waals surface area contributed by atoms with Crippen molar-refractivity contribution in [3.63, 3.8) is 0 Å². The summed E-state index contributed by atoms with van der Waals surface area (Å²) in [5.41, 5.74) is 0.836. The minimum atomic E-state index is -0.635. The van der Waals surface area contributed by atoms with Gasteiger partial charge in [-0.2, -0.15) is 4.98 Å². The molecule has 3 aromatic rings. The number of aromatic nitrogens is 2. The first-order valence-electron chi connectivity index (χ1n) is 7.17. The van der Waals surface area contributed by atoms with Gasteiger partial charge in [0.15, 0.2) is 6.61 Å². The number of hydrogen-bond donors (Lipinski definition) is 0. The lowest BCUT2D eigenvalue weighted by Gasteiger charge is -2.05. The van der Waals surface area contributed by atoms with Gasteiger partial charge < -0.3 is 14.0 Å². The van der Waals surface area contributed by atoms with Crippen LogP contribution in [0.3, 0.4) is 0 Å². The normalized spacial score (nSPS) is 10.5. The topological polar surface area (TPSA) is 74.5 Å². The largest absolute Gasteiger partial charge is 0.496 e. The Bertz CT molecular complexity index is 911. The zero-order valence-electron chi connectivity index (χ0n) is 13.0. The van der Waals surface area contributed by atoms with Gasteiger partial charge in [0.25, 0.3) is 5.89 Å². The molecule has 0 fully saturated rings. The lowest BCUT2D eigenvalue weighted by atomic mass is 10.2. The quantitative estimate of drug-likeness (QED) is 0.612. The van der Waals surface area contributed by atoms with Crippen LogP contribution in [0.4, 0.5) is 0 Å². The molecule has 2 aromatic carbocycles. The molecule has 8 heteroatoms. The SMILES string of the molecule is COc1ccccc1-c1noc(COC(=O)c2cccc(Cl)c2Cl)n1. The molecule has 0 bridgehead atoms. The van der Waals surface area contributed by atoms with Crippen molar-refractivity contribution in [1.82, 2.24) is 10.1 Å². The summed E-state index contributed by atoms with van der Waals surface area (Å²) in [6.45, 7) is -0.191. The van der Waals surface area contributed by atoms with Crippen molar-refractivity contribution in [3.05, 3.63) is 64.0 Å². The Labute approximate surface area is 153 Å². The molecule has 0 saturated carbocycles. The number of carbonyl (C=O) groups excluding carboxylic acids is 1. The first kappa shape index (κ1) is 17.3. The molecular formula is C17H12Cl2N2O4. The molecule has 0 aliphatic heterocycles. The average Bonchev–Trinajstić information content (AvgIpc) is 3.10. The van der Waals surface area contributed by atoms with E-state index in [4.69, 9.17) is 37.2 Å². The van der Waals surface area contributed by atoms with Crippen molar-refractivity contribution < 1.29 is 18.8 Å². The number of ether oxygens (including phenoxy) is 2. The number of halogens is 2. The zero-order valence-corrected chi connectivity index (χ0v) is 14.5. The van der Waals surface area contributed by atoms with Crippen LogP contribution in [0, 0.1) is 0 Å². The molecule has 0 amide bonds. The Hall–Kier alpha value is -2.57. The van der Waals surface area contributed by atoms with E-state index in [9.17, 15) is 4.79 Å². The number of nitrogens with zero attached hydrogens (tertiary/aromatic N) is 2. The molecule has 3 rings (SSSR count). The standard InChI is InChI=1S/C17H12Cl2N2O4/c1-23-13-8-3-2-5-10(13)16-20-14(25-21-16)9-24-17(22)11-6-4-7-12(18)15(11)19/h2-8H,9H2,1H3. The maximum absolute atomic E-state index is 12.1. The number of carbonyl (C=O) groups is 1. The minimum Gasteiger partial charge on any atom is -0.496 e. The van der Waals surface area contributed by atoms with Crippen LogP contribution < -0.4 is 4.74 Å². The second-order valence-corrected chi connectivity index (χ2v) is 5.67. The molecule has 0 radical (unpaired) electrons. The number of hydrogen-bond acceptors (Lipinski definition) is 6. The summed E-state index contributed by atoms with van der Waals surface area (Å²) >= 11 is 11.9. The van der Waals surface area contributed by atoms with Crippen LogP contribution in [0.2, 0.25) is 10.0 Å². The molecule has 0 spiro atoms. The molecule has 0 saturated heterocycles. The first-order chi connectivity index (χ1) is 12.1. The van der Waals surface area contributed by atoms with Crippen LogP contribution in [0.15, 0.2) is 47.0 Å². The van der Waals surface area contributed by atoms with Gasteiger partial charge in [-0.1, -0.05) is 46.6 Å². The van der Waals surface area contributed by atoms with E-state index >= 15 is 0 Å². The van der Waals surface area contributed by atoms with E-state index < -0.39 is 5.97 Å². The van der Waals surface area contributed by atoms with Crippen LogP contribution in [-0.2, 0) is 11.3 Å². The lowest BCUT2D eigenvalue weighted by Crippen LogP contribution is -2.06. The van der Waals surface area contributed by atoms with Crippen molar-refractivity contribution in [3.8, 4) is 17.1 Å². The van der Waals surface area contributed by atoms with Crippen LogP contribution >= 0.6 is 23.2 Å². The molecule has 128 valence electrons. The van der Waals surface area contributed by atoms with E-state index in [1.807, 2.05) is 12.1 Å². The Balaban J connectivity index is 1.72. The maximum Gasteiger partial charge on any atom is 0.340 e. The summed E-state index contributed by atoms with van der Waals surface area (Å²) in [5.74, 6) is 0.457. The van der Waals surface area contributed by atoms with Crippen molar-refractivity contribution in [2.75, 3.05) is 7.11 Å². The van der Waals surface area contributed by atoms with Gasteiger partial charge in [0.2, 0.25) is 5.82 Å². The Kier molecular flexibility index (Phi) is 5.21. The third-order valence-corrected chi connectivity index (χ3v) is 4.13. The van der Waals surface area contributed by atoms with Gasteiger partial charge in [-0.3, -0.25) is 0 Å². The molecule has 1 heterocycles. The van der Waals surface area contributed by atoms with E-state index in [0.29, 0.717) is 17.1 Å². The molecular weight excluding hydrogens is 367 g/mol. The third kappa shape index (κ3) is 3.75. The van der Waals surface area contributed by atoms with Crippen molar-refractivity contribution >= 4 is 29.2 Å². The van der Waals surface area contributed by atoms with Crippen LogP contribution in [0.5, 0.6) is 5.75 Å². The predicted octanol–water partition coefficient (Wildman–Crippen LogP) is 4.41. The molecule has 0 atom stereocenters.